The zero-order valence-electron chi connectivity index (χ0n) is 8.69. The maximum atomic E-state index is 10.5. The Morgan fingerprint density at radius 3 is 3.07 bits per heavy atom. The highest BCUT2D eigenvalue weighted by molar-refractivity contribution is 8.00. The van der Waals surface area contributed by atoms with Crippen LogP contribution < -0.4 is 0 Å². The molecule has 0 fully saturated rings. The SMILES string of the molecule is Cc1cccc2c1CC(CCC(=O)O)S2. The van der Waals surface area contributed by atoms with Crippen molar-refractivity contribution in [3.63, 3.8) is 0 Å². The fourth-order valence-electron chi connectivity index (χ4n) is 1.94. The van der Waals surface area contributed by atoms with Gasteiger partial charge in [-0.15, -0.1) is 11.8 Å². The van der Waals surface area contributed by atoms with Crippen LogP contribution in [0.1, 0.15) is 24.0 Å². The van der Waals surface area contributed by atoms with Crippen LogP contribution in [0.25, 0.3) is 0 Å². The summed E-state index contributed by atoms with van der Waals surface area (Å²) in [6.07, 6.45) is 2.08. The van der Waals surface area contributed by atoms with Gasteiger partial charge in [0.15, 0.2) is 0 Å². The van der Waals surface area contributed by atoms with E-state index < -0.39 is 5.97 Å². The number of fused-ring (bicyclic) bond motifs is 1. The van der Waals surface area contributed by atoms with Crippen molar-refractivity contribution in [2.45, 2.75) is 36.3 Å². The van der Waals surface area contributed by atoms with E-state index in [1.54, 1.807) is 0 Å². The van der Waals surface area contributed by atoms with Gasteiger partial charge in [-0.3, -0.25) is 4.79 Å². The van der Waals surface area contributed by atoms with Gasteiger partial charge in [0.25, 0.3) is 0 Å². The summed E-state index contributed by atoms with van der Waals surface area (Å²) in [6.45, 7) is 2.12. The van der Waals surface area contributed by atoms with E-state index in [4.69, 9.17) is 5.11 Å². The molecule has 1 unspecified atom stereocenters. The molecular formula is C12H14O2S. The van der Waals surface area contributed by atoms with E-state index in [1.165, 1.54) is 16.0 Å². The fraction of sp³-hybridized carbons (Fsp3) is 0.417. The molecule has 1 aliphatic rings. The largest absolute Gasteiger partial charge is 0.481 e. The molecule has 15 heavy (non-hydrogen) atoms. The van der Waals surface area contributed by atoms with E-state index in [2.05, 4.69) is 25.1 Å². The summed E-state index contributed by atoms with van der Waals surface area (Å²) in [6, 6.07) is 6.33. The molecule has 1 atom stereocenters. The minimum absolute atomic E-state index is 0.282. The summed E-state index contributed by atoms with van der Waals surface area (Å²) >= 11 is 1.83. The second-order valence-electron chi connectivity index (χ2n) is 3.93. The lowest BCUT2D eigenvalue weighted by Crippen LogP contribution is -2.05. The number of carboxylic acids is 1. The molecule has 0 saturated carbocycles. The molecule has 1 heterocycles. The van der Waals surface area contributed by atoms with Crippen LogP contribution in [-0.4, -0.2) is 16.3 Å². The van der Waals surface area contributed by atoms with Crippen molar-refractivity contribution in [3.8, 4) is 0 Å². The summed E-state index contributed by atoms with van der Waals surface area (Å²) in [5, 5.41) is 9.09. The smallest absolute Gasteiger partial charge is 0.303 e. The molecule has 1 aromatic carbocycles. The molecular weight excluding hydrogens is 208 g/mol. The van der Waals surface area contributed by atoms with Gasteiger partial charge in [0.05, 0.1) is 0 Å². The van der Waals surface area contributed by atoms with E-state index in [-0.39, 0.29) is 6.42 Å². The lowest BCUT2D eigenvalue weighted by Gasteiger charge is -2.04. The first-order valence-electron chi connectivity index (χ1n) is 5.14. The summed E-state index contributed by atoms with van der Waals surface area (Å²) in [5.41, 5.74) is 2.75. The summed E-state index contributed by atoms with van der Waals surface area (Å²) in [5.74, 6) is -0.691. The summed E-state index contributed by atoms with van der Waals surface area (Å²) in [4.78, 5) is 11.8. The van der Waals surface area contributed by atoms with Gasteiger partial charge in [0.1, 0.15) is 0 Å². The molecule has 0 aromatic heterocycles. The number of aryl methyl sites for hydroxylation is 1. The average Bonchev–Trinajstić information content (AvgIpc) is 2.59. The second kappa shape index (κ2) is 4.27. The molecule has 80 valence electrons. The zero-order valence-corrected chi connectivity index (χ0v) is 9.51. The van der Waals surface area contributed by atoms with Gasteiger partial charge >= 0.3 is 5.97 Å². The Balaban J connectivity index is 2.03. The van der Waals surface area contributed by atoms with Crippen LogP contribution in [0, 0.1) is 6.92 Å². The molecule has 0 bridgehead atoms. The Morgan fingerprint density at radius 1 is 1.60 bits per heavy atom. The number of carboxylic acid groups (broad SMARTS) is 1. The van der Waals surface area contributed by atoms with Crippen molar-refractivity contribution in [3.05, 3.63) is 29.3 Å². The van der Waals surface area contributed by atoms with Crippen molar-refractivity contribution < 1.29 is 9.90 Å². The van der Waals surface area contributed by atoms with Crippen LogP contribution in [-0.2, 0) is 11.2 Å². The number of rotatable bonds is 3. The third-order valence-corrected chi connectivity index (χ3v) is 4.14. The lowest BCUT2D eigenvalue weighted by molar-refractivity contribution is -0.137. The van der Waals surface area contributed by atoms with Gasteiger partial charge in [-0.1, -0.05) is 12.1 Å². The summed E-state index contributed by atoms with van der Waals surface area (Å²) in [7, 11) is 0. The predicted molar refractivity (Wildman–Crippen MR) is 61.4 cm³/mol. The molecule has 0 radical (unpaired) electrons. The van der Waals surface area contributed by atoms with E-state index >= 15 is 0 Å². The molecule has 1 aromatic rings. The Labute approximate surface area is 93.7 Å². The van der Waals surface area contributed by atoms with Crippen molar-refractivity contribution in [1.29, 1.82) is 0 Å². The van der Waals surface area contributed by atoms with Crippen LogP contribution in [0.3, 0.4) is 0 Å². The third-order valence-electron chi connectivity index (χ3n) is 2.77. The molecule has 2 nitrogen and oxygen atoms in total. The summed E-state index contributed by atoms with van der Waals surface area (Å²) < 4.78 is 0. The topological polar surface area (TPSA) is 37.3 Å². The monoisotopic (exact) mass is 222 g/mol. The first-order chi connectivity index (χ1) is 7.16. The number of hydrogen-bond acceptors (Lipinski definition) is 2. The molecule has 2 rings (SSSR count). The minimum atomic E-state index is -0.691. The van der Waals surface area contributed by atoms with E-state index in [9.17, 15) is 4.79 Å². The Hall–Kier alpha value is -0.960. The van der Waals surface area contributed by atoms with Crippen LogP contribution in [0.2, 0.25) is 0 Å². The maximum absolute atomic E-state index is 10.5. The molecule has 0 aliphatic carbocycles. The quantitative estimate of drug-likeness (QED) is 0.854. The zero-order chi connectivity index (χ0) is 10.8. The third kappa shape index (κ3) is 2.34. The van der Waals surface area contributed by atoms with Crippen molar-refractivity contribution in [2.24, 2.45) is 0 Å². The molecule has 3 heteroatoms. The molecule has 0 spiro atoms. The van der Waals surface area contributed by atoms with Crippen LogP contribution in [0.5, 0.6) is 0 Å². The van der Waals surface area contributed by atoms with E-state index in [0.29, 0.717) is 5.25 Å². The van der Waals surface area contributed by atoms with Crippen molar-refractivity contribution in [2.75, 3.05) is 0 Å². The Morgan fingerprint density at radius 2 is 2.40 bits per heavy atom. The van der Waals surface area contributed by atoms with Crippen LogP contribution >= 0.6 is 11.8 Å². The maximum Gasteiger partial charge on any atom is 0.303 e. The Bertz CT molecular complexity index is 387. The molecule has 1 N–H and O–H groups in total. The van der Waals surface area contributed by atoms with Crippen LogP contribution in [0.15, 0.2) is 23.1 Å². The molecule has 0 saturated heterocycles. The average molecular weight is 222 g/mol. The second-order valence-corrected chi connectivity index (χ2v) is 5.27. The Kier molecular flexibility index (Phi) is 3.00. The van der Waals surface area contributed by atoms with Gasteiger partial charge < -0.3 is 5.11 Å². The number of aliphatic carboxylic acids is 1. The minimum Gasteiger partial charge on any atom is -0.481 e. The molecule has 1 aliphatic heterocycles. The highest BCUT2D eigenvalue weighted by Gasteiger charge is 2.23. The van der Waals surface area contributed by atoms with Gasteiger partial charge in [0, 0.05) is 16.6 Å². The first-order valence-corrected chi connectivity index (χ1v) is 6.01. The van der Waals surface area contributed by atoms with Gasteiger partial charge in [-0.2, -0.15) is 0 Å². The first kappa shape index (κ1) is 10.6. The van der Waals surface area contributed by atoms with Crippen molar-refractivity contribution in [1.82, 2.24) is 0 Å². The van der Waals surface area contributed by atoms with Gasteiger partial charge in [-0.05, 0) is 37.0 Å². The number of benzene rings is 1. The van der Waals surface area contributed by atoms with Gasteiger partial charge in [-0.25, -0.2) is 0 Å². The predicted octanol–water partition coefficient (Wildman–Crippen LogP) is 2.88. The van der Waals surface area contributed by atoms with E-state index in [0.717, 1.165) is 12.8 Å². The molecule has 0 amide bonds. The number of carbonyl (C=O) groups is 1. The highest BCUT2D eigenvalue weighted by Crippen LogP contribution is 2.40. The lowest BCUT2D eigenvalue weighted by atomic mass is 10.0. The highest BCUT2D eigenvalue weighted by atomic mass is 32.2. The number of thioether (sulfide) groups is 1. The van der Waals surface area contributed by atoms with Gasteiger partial charge in [0.2, 0.25) is 0 Å². The fourth-order valence-corrected chi connectivity index (χ4v) is 3.33. The van der Waals surface area contributed by atoms with Crippen LogP contribution in [0.4, 0.5) is 0 Å². The normalized spacial score (nSPS) is 18.9. The van der Waals surface area contributed by atoms with Crippen molar-refractivity contribution >= 4 is 17.7 Å². The standard InChI is InChI=1S/C12H14O2S/c1-8-3-2-4-11-10(8)7-9(15-11)5-6-12(13)14/h2-4,9H,5-7H2,1H3,(H,13,14). The number of hydrogen-bond donors (Lipinski definition) is 1. The van der Waals surface area contributed by atoms with E-state index in [1.807, 2.05) is 11.8 Å².